The Labute approximate surface area is 69.9 Å². The summed E-state index contributed by atoms with van der Waals surface area (Å²) in [6, 6.07) is 10.3. The van der Waals surface area contributed by atoms with Crippen molar-refractivity contribution in [1.29, 1.82) is 0 Å². The molecule has 2 heteroatoms. The van der Waals surface area contributed by atoms with Gasteiger partial charge in [-0.3, -0.25) is 0 Å². The second kappa shape index (κ2) is 2.91. The van der Waals surface area contributed by atoms with E-state index in [4.69, 9.17) is 0 Å². The molecular formula is C8H9NSe. The molecule has 2 rings (SSSR count). The molecule has 10 heavy (non-hydrogen) atoms. The molecule has 0 unspecified atom stereocenters. The number of para-hydroxylation sites is 1. The van der Waals surface area contributed by atoms with Crippen LogP contribution in [0.2, 0.25) is 0 Å². The molecule has 0 amide bonds. The Balaban J connectivity index is 0.000000500. The average molecular weight is 198 g/mol. The Morgan fingerprint density at radius 2 is 1.80 bits per heavy atom. The minimum absolute atomic E-state index is 0. The van der Waals surface area contributed by atoms with Crippen LogP contribution in [0.4, 0.5) is 0 Å². The quantitative estimate of drug-likeness (QED) is 0.613. The zero-order chi connectivity index (χ0) is 6.10. The molecule has 0 spiro atoms. The summed E-state index contributed by atoms with van der Waals surface area (Å²) in [4.78, 5) is 3.12. The van der Waals surface area contributed by atoms with E-state index >= 15 is 0 Å². The number of hydrogen-bond acceptors (Lipinski definition) is 0. The van der Waals surface area contributed by atoms with E-state index in [1.54, 1.807) is 0 Å². The van der Waals surface area contributed by atoms with E-state index in [1.807, 2.05) is 18.3 Å². The minimum Gasteiger partial charge on any atom is -0.361 e. The van der Waals surface area contributed by atoms with Crippen molar-refractivity contribution >= 4 is 28.0 Å². The van der Waals surface area contributed by atoms with Gasteiger partial charge in [0.05, 0.1) is 0 Å². The van der Waals surface area contributed by atoms with Crippen LogP contribution in [0.1, 0.15) is 0 Å². The average Bonchev–Trinajstić information content (AvgIpc) is 2.33. The fourth-order valence-electron chi connectivity index (χ4n) is 0.995. The summed E-state index contributed by atoms with van der Waals surface area (Å²) in [6.07, 6.45) is 1.95. The number of nitrogens with one attached hydrogen (secondary N) is 1. The van der Waals surface area contributed by atoms with Crippen LogP contribution in [-0.2, 0) is 0 Å². The molecule has 0 saturated carbocycles. The third-order valence-electron chi connectivity index (χ3n) is 1.46. The van der Waals surface area contributed by atoms with E-state index in [1.165, 1.54) is 10.9 Å². The normalized spacial score (nSPS) is 9.20. The predicted octanol–water partition coefficient (Wildman–Crippen LogP) is 1.25. The Hall–Kier alpha value is -0.721. The van der Waals surface area contributed by atoms with Crippen molar-refractivity contribution in [3.05, 3.63) is 36.5 Å². The fourth-order valence-corrected chi connectivity index (χ4v) is 0.995. The number of rotatable bonds is 0. The van der Waals surface area contributed by atoms with Crippen molar-refractivity contribution in [1.82, 2.24) is 4.98 Å². The molecule has 0 bridgehead atoms. The van der Waals surface area contributed by atoms with Crippen LogP contribution in [-0.4, -0.2) is 22.1 Å². The summed E-state index contributed by atoms with van der Waals surface area (Å²) in [5.74, 6) is 0. The molecule has 1 nitrogen and oxygen atoms in total. The van der Waals surface area contributed by atoms with Crippen molar-refractivity contribution in [3.8, 4) is 0 Å². The van der Waals surface area contributed by atoms with Gasteiger partial charge in [0.25, 0.3) is 0 Å². The number of fused-ring (bicyclic) bond motifs is 1. The molecule has 0 aliphatic rings. The molecule has 0 saturated heterocycles. The summed E-state index contributed by atoms with van der Waals surface area (Å²) < 4.78 is 0. The van der Waals surface area contributed by atoms with Gasteiger partial charge in [0.15, 0.2) is 0 Å². The standard InChI is InChI=1S/C8H7N.H2Se/c1-2-4-8-7(3-1)5-6-9-8;/h1-6,9H;1H2. The van der Waals surface area contributed by atoms with Crippen LogP contribution in [0.5, 0.6) is 0 Å². The molecule has 0 radical (unpaired) electrons. The molecular weight excluding hydrogens is 189 g/mol. The zero-order valence-electron chi connectivity index (χ0n) is 5.46. The largest absolute Gasteiger partial charge is 0.361 e. The predicted molar refractivity (Wildman–Crippen MR) is 46.8 cm³/mol. The number of aromatic amines is 1. The summed E-state index contributed by atoms with van der Waals surface area (Å²) in [6.45, 7) is 0. The first-order valence-corrected chi connectivity index (χ1v) is 2.99. The van der Waals surface area contributed by atoms with Gasteiger partial charge < -0.3 is 4.98 Å². The third-order valence-corrected chi connectivity index (χ3v) is 1.46. The Kier molecular flexibility index (Phi) is 2.15. The smallest absolute Gasteiger partial charge is 0.0453 e. The minimum atomic E-state index is 0. The van der Waals surface area contributed by atoms with Crippen LogP contribution in [0, 0.1) is 0 Å². The van der Waals surface area contributed by atoms with Crippen LogP contribution >= 0.6 is 0 Å². The molecule has 1 N–H and O–H groups in total. The van der Waals surface area contributed by atoms with Crippen LogP contribution in [0.15, 0.2) is 36.5 Å². The molecule has 0 fully saturated rings. The number of hydrogen-bond donors (Lipinski definition) is 1. The van der Waals surface area contributed by atoms with Gasteiger partial charge in [-0.1, -0.05) is 18.2 Å². The van der Waals surface area contributed by atoms with Crippen molar-refractivity contribution in [2.24, 2.45) is 0 Å². The summed E-state index contributed by atoms with van der Waals surface area (Å²) >= 11 is 0. The molecule has 1 aromatic carbocycles. The summed E-state index contributed by atoms with van der Waals surface area (Å²) in [7, 11) is 0. The van der Waals surface area contributed by atoms with E-state index < -0.39 is 0 Å². The van der Waals surface area contributed by atoms with Gasteiger partial charge in [0.1, 0.15) is 0 Å². The van der Waals surface area contributed by atoms with Crippen LogP contribution in [0.3, 0.4) is 0 Å². The van der Waals surface area contributed by atoms with Gasteiger partial charge in [-0.05, 0) is 17.5 Å². The molecule has 1 aromatic heterocycles. The summed E-state index contributed by atoms with van der Waals surface area (Å²) in [5, 5.41) is 1.28. The Morgan fingerprint density at radius 3 is 2.60 bits per heavy atom. The molecule has 52 valence electrons. The second-order valence-corrected chi connectivity index (χ2v) is 2.06. The molecule has 2 aromatic rings. The Morgan fingerprint density at radius 1 is 1.00 bits per heavy atom. The maximum atomic E-state index is 3.12. The van der Waals surface area contributed by atoms with Gasteiger partial charge in [0.2, 0.25) is 0 Å². The number of aromatic nitrogens is 1. The monoisotopic (exact) mass is 199 g/mol. The topological polar surface area (TPSA) is 15.8 Å². The molecule has 0 aliphatic carbocycles. The first kappa shape index (κ1) is 7.39. The zero-order valence-corrected chi connectivity index (χ0v) is 7.56. The fraction of sp³-hybridized carbons (Fsp3) is 0. The second-order valence-electron chi connectivity index (χ2n) is 2.06. The van der Waals surface area contributed by atoms with E-state index in [9.17, 15) is 0 Å². The van der Waals surface area contributed by atoms with Crippen LogP contribution < -0.4 is 0 Å². The van der Waals surface area contributed by atoms with Crippen molar-refractivity contribution in [2.75, 3.05) is 0 Å². The SMILES string of the molecule is [SeH2].c1ccc2[nH]ccc2c1. The first-order valence-electron chi connectivity index (χ1n) is 2.99. The number of H-pyrrole nitrogens is 1. The van der Waals surface area contributed by atoms with Gasteiger partial charge >= 0.3 is 17.1 Å². The van der Waals surface area contributed by atoms with E-state index in [2.05, 4.69) is 23.2 Å². The van der Waals surface area contributed by atoms with Crippen molar-refractivity contribution in [2.45, 2.75) is 0 Å². The molecule has 1 heterocycles. The maximum absolute atomic E-state index is 3.12. The van der Waals surface area contributed by atoms with Crippen molar-refractivity contribution < 1.29 is 0 Å². The number of benzene rings is 1. The van der Waals surface area contributed by atoms with Gasteiger partial charge in [-0.2, -0.15) is 0 Å². The molecule has 0 aliphatic heterocycles. The van der Waals surface area contributed by atoms with E-state index in [0.29, 0.717) is 0 Å². The first-order chi connectivity index (χ1) is 4.47. The third kappa shape index (κ3) is 1.08. The van der Waals surface area contributed by atoms with Gasteiger partial charge in [0, 0.05) is 11.7 Å². The van der Waals surface area contributed by atoms with E-state index in [-0.39, 0.29) is 17.1 Å². The summed E-state index contributed by atoms with van der Waals surface area (Å²) in [5.41, 5.74) is 1.21. The maximum Gasteiger partial charge on any atom is 0.0453 e. The van der Waals surface area contributed by atoms with E-state index in [0.717, 1.165) is 0 Å². The van der Waals surface area contributed by atoms with Crippen LogP contribution in [0.25, 0.3) is 10.9 Å². The van der Waals surface area contributed by atoms with Gasteiger partial charge in [-0.25, -0.2) is 0 Å². The van der Waals surface area contributed by atoms with Gasteiger partial charge in [-0.15, -0.1) is 0 Å². The Bertz CT molecular complexity index is 283. The molecule has 0 atom stereocenters. The van der Waals surface area contributed by atoms with Crippen molar-refractivity contribution in [3.63, 3.8) is 0 Å².